The Kier molecular flexibility index (Phi) is 4.01. The number of hydrogen-bond donors (Lipinski definition) is 3. The average Bonchev–Trinajstić information content (AvgIpc) is 2.38. The van der Waals surface area contributed by atoms with Crippen LogP contribution in [-0.2, 0) is 9.59 Å². The van der Waals surface area contributed by atoms with E-state index in [9.17, 15) is 14.7 Å². The third kappa shape index (κ3) is 3.03. The molecule has 0 fully saturated rings. The Morgan fingerprint density at radius 1 is 1.58 bits per heavy atom. The quantitative estimate of drug-likeness (QED) is 0.732. The zero-order valence-corrected chi connectivity index (χ0v) is 10.6. The molecule has 0 aliphatic carbocycles. The van der Waals surface area contributed by atoms with Crippen LogP contribution in [-0.4, -0.2) is 37.2 Å². The number of carbonyl (C=O) groups excluding carboxylic acids is 1. The number of benzene rings is 1. The summed E-state index contributed by atoms with van der Waals surface area (Å²) in [4.78, 5) is 22.5. The highest BCUT2D eigenvalue weighted by molar-refractivity contribution is 5.95. The molecule has 0 aromatic heterocycles. The summed E-state index contributed by atoms with van der Waals surface area (Å²) < 4.78 is 5.24. The molecule has 6 nitrogen and oxygen atoms in total. The maximum absolute atomic E-state index is 11.3. The Balaban J connectivity index is 2.25. The van der Waals surface area contributed by atoms with Gasteiger partial charge in [-0.25, -0.2) is 0 Å². The van der Waals surface area contributed by atoms with Gasteiger partial charge in [0.05, 0.1) is 11.6 Å². The number of fused-ring (bicyclic) bond motifs is 1. The minimum Gasteiger partial charge on any atom is -0.482 e. The number of aliphatic carboxylic acids is 1. The zero-order valence-electron chi connectivity index (χ0n) is 10.6. The highest BCUT2D eigenvalue weighted by atomic mass is 16.5. The first-order chi connectivity index (χ1) is 9.11. The van der Waals surface area contributed by atoms with Crippen molar-refractivity contribution in [2.45, 2.75) is 12.3 Å². The number of anilines is 1. The Bertz CT molecular complexity index is 501. The van der Waals surface area contributed by atoms with Gasteiger partial charge < -0.3 is 20.5 Å². The van der Waals surface area contributed by atoms with Crippen molar-refractivity contribution in [3.8, 4) is 5.75 Å². The molecule has 0 saturated carbocycles. The summed E-state index contributed by atoms with van der Waals surface area (Å²) in [6.45, 7) is 0.603. The highest BCUT2D eigenvalue weighted by Crippen LogP contribution is 2.32. The Morgan fingerprint density at radius 2 is 2.37 bits per heavy atom. The number of hydrogen-bond acceptors (Lipinski definition) is 4. The van der Waals surface area contributed by atoms with Gasteiger partial charge in [0.25, 0.3) is 5.91 Å². The van der Waals surface area contributed by atoms with E-state index in [4.69, 9.17) is 4.74 Å². The third-order valence-corrected chi connectivity index (χ3v) is 3.02. The first-order valence-corrected chi connectivity index (χ1v) is 6.06. The molecule has 3 N–H and O–H groups in total. The fourth-order valence-corrected chi connectivity index (χ4v) is 2.04. The Labute approximate surface area is 110 Å². The molecule has 6 heteroatoms. The van der Waals surface area contributed by atoms with Gasteiger partial charge in [-0.3, -0.25) is 9.59 Å². The van der Waals surface area contributed by atoms with Crippen LogP contribution >= 0.6 is 0 Å². The molecule has 0 radical (unpaired) electrons. The minimum absolute atomic E-state index is 0.00550. The summed E-state index contributed by atoms with van der Waals surface area (Å²) in [6, 6.07) is 5.09. The van der Waals surface area contributed by atoms with Crippen molar-refractivity contribution in [3.63, 3.8) is 0 Å². The van der Waals surface area contributed by atoms with Gasteiger partial charge in [-0.2, -0.15) is 0 Å². The van der Waals surface area contributed by atoms with E-state index in [0.717, 1.165) is 0 Å². The molecular weight excluding hydrogens is 248 g/mol. The molecule has 1 heterocycles. The molecular formula is C13H16N2O4. The van der Waals surface area contributed by atoms with Crippen LogP contribution < -0.4 is 15.4 Å². The second-order valence-corrected chi connectivity index (χ2v) is 4.38. The normalized spacial score (nSPS) is 15.1. The van der Waals surface area contributed by atoms with Crippen molar-refractivity contribution >= 4 is 17.6 Å². The molecule has 2 rings (SSSR count). The van der Waals surface area contributed by atoms with Crippen LogP contribution in [0.1, 0.15) is 17.9 Å². The van der Waals surface area contributed by atoms with Gasteiger partial charge in [0.15, 0.2) is 6.61 Å². The highest BCUT2D eigenvalue weighted by Gasteiger charge is 2.22. The van der Waals surface area contributed by atoms with E-state index in [2.05, 4.69) is 10.6 Å². The molecule has 1 aromatic carbocycles. The molecule has 1 atom stereocenters. The van der Waals surface area contributed by atoms with E-state index in [1.165, 1.54) is 0 Å². The smallest absolute Gasteiger partial charge is 0.311 e. The van der Waals surface area contributed by atoms with Crippen molar-refractivity contribution < 1.29 is 19.4 Å². The molecule has 0 bridgehead atoms. The first kappa shape index (κ1) is 13.4. The summed E-state index contributed by atoms with van der Waals surface area (Å²) in [7, 11) is 1.78. The molecule has 0 spiro atoms. The van der Waals surface area contributed by atoms with Gasteiger partial charge in [-0.15, -0.1) is 0 Å². The van der Waals surface area contributed by atoms with Crippen LogP contribution in [0.2, 0.25) is 0 Å². The minimum atomic E-state index is -0.877. The van der Waals surface area contributed by atoms with Gasteiger partial charge in [-0.05, 0) is 37.7 Å². The van der Waals surface area contributed by atoms with Crippen LogP contribution in [0.15, 0.2) is 18.2 Å². The standard InChI is InChI=1S/C13H16N2O4/c1-14-5-4-9(13(17)18)8-2-3-11-10(6-8)15-12(16)7-19-11/h2-3,6,9,14H,4-5,7H2,1H3,(H,15,16)(H,17,18). The van der Waals surface area contributed by atoms with Gasteiger partial charge in [0.2, 0.25) is 0 Å². The Morgan fingerprint density at radius 3 is 3.05 bits per heavy atom. The zero-order chi connectivity index (χ0) is 13.8. The van der Waals surface area contributed by atoms with E-state index in [1.54, 1.807) is 25.2 Å². The topological polar surface area (TPSA) is 87.7 Å². The molecule has 102 valence electrons. The van der Waals surface area contributed by atoms with E-state index in [0.29, 0.717) is 30.0 Å². The van der Waals surface area contributed by atoms with Crippen molar-refractivity contribution in [1.29, 1.82) is 0 Å². The Hall–Kier alpha value is -2.08. The molecule has 0 saturated heterocycles. The van der Waals surface area contributed by atoms with Crippen LogP contribution in [0.25, 0.3) is 0 Å². The number of carboxylic acids is 1. The van der Waals surface area contributed by atoms with E-state index in [-0.39, 0.29) is 12.5 Å². The lowest BCUT2D eigenvalue weighted by Gasteiger charge is -2.20. The molecule has 1 unspecified atom stereocenters. The lowest BCUT2D eigenvalue weighted by molar-refractivity contribution is -0.139. The van der Waals surface area contributed by atoms with Crippen LogP contribution in [0.5, 0.6) is 5.75 Å². The number of carbonyl (C=O) groups is 2. The van der Waals surface area contributed by atoms with Crippen LogP contribution in [0.3, 0.4) is 0 Å². The van der Waals surface area contributed by atoms with Crippen molar-refractivity contribution in [2.75, 3.05) is 25.5 Å². The van der Waals surface area contributed by atoms with Gasteiger partial charge in [0, 0.05) is 0 Å². The van der Waals surface area contributed by atoms with Crippen molar-refractivity contribution in [2.24, 2.45) is 0 Å². The number of ether oxygens (including phenoxy) is 1. The maximum atomic E-state index is 11.3. The predicted molar refractivity (Wildman–Crippen MR) is 69.5 cm³/mol. The van der Waals surface area contributed by atoms with Gasteiger partial charge in [-0.1, -0.05) is 6.07 Å². The lowest BCUT2D eigenvalue weighted by atomic mass is 9.95. The first-order valence-electron chi connectivity index (χ1n) is 6.06. The van der Waals surface area contributed by atoms with Crippen LogP contribution in [0, 0.1) is 0 Å². The summed E-state index contributed by atoms with van der Waals surface area (Å²) in [5.74, 6) is -1.14. The van der Waals surface area contributed by atoms with Crippen molar-refractivity contribution in [3.05, 3.63) is 23.8 Å². The van der Waals surface area contributed by atoms with E-state index >= 15 is 0 Å². The SMILES string of the molecule is CNCCC(C(=O)O)c1ccc2c(c1)NC(=O)CO2. The summed E-state index contributed by atoms with van der Waals surface area (Å²) >= 11 is 0. The summed E-state index contributed by atoms with van der Waals surface area (Å²) in [5.41, 5.74) is 1.19. The number of carboxylic acid groups (broad SMARTS) is 1. The van der Waals surface area contributed by atoms with Crippen LogP contribution in [0.4, 0.5) is 5.69 Å². The van der Waals surface area contributed by atoms with E-state index < -0.39 is 11.9 Å². The number of amides is 1. The molecule has 1 amide bonds. The maximum Gasteiger partial charge on any atom is 0.311 e. The predicted octanol–water partition coefficient (Wildman–Crippen LogP) is 0.795. The molecule has 1 aliphatic rings. The molecule has 1 aliphatic heterocycles. The number of rotatable bonds is 5. The summed E-state index contributed by atoms with van der Waals surface area (Å²) in [5, 5.41) is 14.9. The van der Waals surface area contributed by atoms with Gasteiger partial charge >= 0.3 is 5.97 Å². The largest absolute Gasteiger partial charge is 0.482 e. The van der Waals surface area contributed by atoms with Crippen molar-refractivity contribution in [1.82, 2.24) is 5.32 Å². The fourth-order valence-electron chi connectivity index (χ4n) is 2.04. The third-order valence-electron chi connectivity index (χ3n) is 3.02. The summed E-state index contributed by atoms with van der Waals surface area (Å²) in [6.07, 6.45) is 0.486. The monoisotopic (exact) mass is 264 g/mol. The molecule has 1 aromatic rings. The second kappa shape index (κ2) is 5.71. The lowest BCUT2D eigenvalue weighted by Crippen LogP contribution is -2.26. The second-order valence-electron chi connectivity index (χ2n) is 4.38. The number of nitrogens with one attached hydrogen (secondary N) is 2. The van der Waals surface area contributed by atoms with E-state index in [1.807, 2.05) is 0 Å². The fraction of sp³-hybridized carbons (Fsp3) is 0.385. The molecule has 19 heavy (non-hydrogen) atoms. The average molecular weight is 264 g/mol. The van der Waals surface area contributed by atoms with Gasteiger partial charge in [0.1, 0.15) is 5.75 Å².